The summed E-state index contributed by atoms with van der Waals surface area (Å²) < 4.78 is 0. The highest BCUT2D eigenvalue weighted by molar-refractivity contribution is 7.00. The maximum absolute atomic E-state index is 4.86. The predicted molar refractivity (Wildman–Crippen MR) is 263 cm³/mol. The number of benzene rings is 9. The third kappa shape index (κ3) is 6.41. The Bertz CT molecular complexity index is 2970. The monoisotopic (exact) mass is 802 g/mol. The molecule has 5 heteroatoms. The standard InChI is InChI=1S/C58H39BN4/c1-5-17-40(18-6-1)44-31-45(41-19-7-2-8-20-41)34-49(33-44)62-54-27-15-13-25-51(54)59-52-26-14-16-28-55(52)63(57-38-48(37-56(62)58(57)59)53-29-30-60-39-61-53)50-35-46(42-21-9-3-10-22-42)32-47(36-50)43-23-11-4-12-24-43/h1-39H. The Morgan fingerprint density at radius 1 is 0.317 bits per heavy atom. The van der Waals surface area contributed by atoms with Crippen LogP contribution in [0.2, 0.25) is 0 Å². The van der Waals surface area contributed by atoms with Crippen molar-refractivity contribution in [2.24, 2.45) is 0 Å². The summed E-state index contributed by atoms with van der Waals surface area (Å²) >= 11 is 0. The van der Waals surface area contributed by atoms with Gasteiger partial charge >= 0.3 is 0 Å². The van der Waals surface area contributed by atoms with E-state index in [2.05, 4.69) is 233 Å². The molecule has 294 valence electrons. The molecule has 63 heavy (non-hydrogen) atoms. The van der Waals surface area contributed by atoms with Crippen LogP contribution in [0.15, 0.2) is 237 Å². The number of nitrogens with zero attached hydrogens (tertiary/aromatic N) is 4. The number of aromatic nitrogens is 2. The summed E-state index contributed by atoms with van der Waals surface area (Å²) in [6.45, 7) is -0.0221. The van der Waals surface area contributed by atoms with E-state index in [-0.39, 0.29) is 6.71 Å². The molecule has 0 radical (unpaired) electrons. The third-order valence-corrected chi connectivity index (χ3v) is 12.5. The summed E-state index contributed by atoms with van der Waals surface area (Å²) in [5.41, 5.74) is 21.7. The van der Waals surface area contributed by atoms with Crippen molar-refractivity contribution in [3.8, 4) is 55.8 Å². The molecule has 2 aliphatic heterocycles. The first-order valence-electron chi connectivity index (χ1n) is 21.5. The Morgan fingerprint density at radius 2 is 0.698 bits per heavy atom. The zero-order valence-corrected chi connectivity index (χ0v) is 34.4. The van der Waals surface area contributed by atoms with Crippen molar-refractivity contribution in [3.63, 3.8) is 0 Å². The van der Waals surface area contributed by atoms with Gasteiger partial charge in [0.1, 0.15) is 6.33 Å². The minimum absolute atomic E-state index is 0.0221. The minimum Gasteiger partial charge on any atom is -0.311 e. The third-order valence-electron chi connectivity index (χ3n) is 12.5. The second kappa shape index (κ2) is 15.3. The normalized spacial score (nSPS) is 12.3. The van der Waals surface area contributed by atoms with Crippen molar-refractivity contribution < 1.29 is 0 Å². The molecular weight excluding hydrogens is 763 g/mol. The van der Waals surface area contributed by atoms with Crippen LogP contribution >= 0.6 is 0 Å². The molecule has 0 amide bonds. The molecule has 0 spiro atoms. The SMILES string of the molecule is c1ccc(-c2cc(-c3ccccc3)cc(N3c4ccccc4B4c5ccccc5N(c5cc(-c6ccccc6)cc(-c6ccccc6)c5)c5cc(-c6ccncn6)cc3c54)c2)cc1. The molecule has 0 unspecified atom stereocenters. The minimum atomic E-state index is -0.0221. The Hall–Kier alpha value is -8.28. The van der Waals surface area contributed by atoms with E-state index in [4.69, 9.17) is 4.98 Å². The highest BCUT2D eigenvalue weighted by Gasteiger charge is 2.43. The van der Waals surface area contributed by atoms with Gasteiger partial charge < -0.3 is 9.80 Å². The maximum Gasteiger partial charge on any atom is 0.252 e. The average Bonchev–Trinajstić information content (AvgIpc) is 3.37. The van der Waals surface area contributed by atoms with Crippen molar-refractivity contribution in [3.05, 3.63) is 237 Å². The molecule has 2 aliphatic rings. The smallest absolute Gasteiger partial charge is 0.252 e. The van der Waals surface area contributed by atoms with Crippen LogP contribution in [0.25, 0.3) is 55.8 Å². The molecule has 1 aromatic heterocycles. The molecule has 0 bridgehead atoms. The second-order valence-corrected chi connectivity index (χ2v) is 16.2. The zero-order valence-electron chi connectivity index (χ0n) is 34.4. The molecule has 12 rings (SSSR count). The topological polar surface area (TPSA) is 32.3 Å². The Balaban J connectivity index is 1.17. The van der Waals surface area contributed by atoms with Gasteiger partial charge in [-0.1, -0.05) is 158 Å². The molecule has 0 atom stereocenters. The summed E-state index contributed by atoms with van der Waals surface area (Å²) in [5.74, 6) is 0. The lowest BCUT2D eigenvalue weighted by atomic mass is 9.33. The quantitative estimate of drug-likeness (QED) is 0.150. The van der Waals surface area contributed by atoms with Crippen LogP contribution in [0.1, 0.15) is 0 Å². The van der Waals surface area contributed by atoms with E-state index < -0.39 is 0 Å². The Labute approximate surface area is 368 Å². The summed E-state index contributed by atoms with van der Waals surface area (Å²) in [6.07, 6.45) is 3.48. The van der Waals surface area contributed by atoms with Crippen LogP contribution in [0, 0.1) is 0 Å². The lowest BCUT2D eigenvalue weighted by Crippen LogP contribution is -2.61. The number of para-hydroxylation sites is 2. The van der Waals surface area contributed by atoms with Crippen molar-refractivity contribution in [2.75, 3.05) is 9.80 Å². The van der Waals surface area contributed by atoms with E-state index in [1.54, 1.807) is 6.33 Å². The molecule has 9 aromatic carbocycles. The van der Waals surface area contributed by atoms with Crippen molar-refractivity contribution in [1.82, 2.24) is 9.97 Å². The number of fused-ring (bicyclic) bond motifs is 4. The van der Waals surface area contributed by atoms with Gasteiger partial charge in [-0.2, -0.15) is 0 Å². The maximum atomic E-state index is 4.86. The molecule has 0 saturated heterocycles. The Kier molecular flexibility index (Phi) is 8.89. The van der Waals surface area contributed by atoms with Crippen LogP contribution in [-0.4, -0.2) is 16.7 Å². The largest absolute Gasteiger partial charge is 0.311 e. The molecular formula is C58H39BN4. The molecule has 0 aliphatic carbocycles. The number of rotatable bonds is 7. The average molecular weight is 803 g/mol. The van der Waals surface area contributed by atoms with Gasteiger partial charge in [-0.05, 0) is 128 Å². The van der Waals surface area contributed by atoms with E-state index in [0.717, 1.165) is 67.6 Å². The van der Waals surface area contributed by atoms with Gasteiger partial charge in [0.25, 0.3) is 6.71 Å². The van der Waals surface area contributed by atoms with Crippen LogP contribution in [0.3, 0.4) is 0 Å². The van der Waals surface area contributed by atoms with Gasteiger partial charge in [-0.3, -0.25) is 0 Å². The van der Waals surface area contributed by atoms with E-state index in [1.165, 1.54) is 38.6 Å². The lowest BCUT2D eigenvalue weighted by Gasteiger charge is -2.44. The van der Waals surface area contributed by atoms with Gasteiger partial charge in [-0.25, -0.2) is 9.97 Å². The number of hydrogen-bond acceptors (Lipinski definition) is 4. The van der Waals surface area contributed by atoms with Crippen molar-refractivity contribution in [1.29, 1.82) is 0 Å². The first-order chi connectivity index (χ1) is 31.2. The van der Waals surface area contributed by atoms with Crippen molar-refractivity contribution >= 4 is 57.2 Å². The van der Waals surface area contributed by atoms with Crippen molar-refractivity contribution in [2.45, 2.75) is 0 Å². The Morgan fingerprint density at radius 3 is 1.08 bits per heavy atom. The zero-order chi connectivity index (χ0) is 41.7. The number of anilines is 6. The first-order valence-corrected chi connectivity index (χ1v) is 21.5. The van der Waals surface area contributed by atoms with Gasteiger partial charge in [-0.15, -0.1) is 0 Å². The van der Waals surface area contributed by atoms with Gasteiger partial charge in [0.05, 0.1) is 5.69 Å². The van der Waals surface area contributed by atoms with Gasteiger partial charge in [0.2, 0.25) is 0 Å². The van der Waals surface area contributed by atoms with Crippen LogP contribution in [-0.2, 0) is 0 Å². The second-order valence-electron chi connectivity index (χ2n) is 16.2. The lowest BCUT2D eigenvalue weighted by molar-refractivity contribution is 1.17. The molecule has 0 saturated carbocycles. The fraction of sp³-hybridized carbons (Fsp3) is 0. The number of hydrogen-bond donors (Lipinski definition) is 0. The van der Waals surface area contributed by atoms with E-state index in [1.807, 2.05) is 12.3 Å². The molecule has 10 aromatic rings. The van der Waals surface area contributed by atoms with E-state index in [0.29, 0.717) is 0 Å². The van der Waals surface area contributed by atoms with Gasteiger partial charge in [0, 0.05) is 45.9 Å². The predicted octanol–water partition coefficient (Wildman–Crippen LogP) is 12.9. The first kappa shape index (κ1) is 36.6. The molecule has 3 heterocycles. The highest BCUT2D eigenvalue weighted by atomic mass is 15.2. The van der Waals surface area contributed by atoms with Gasteiger partial charge in [0.15, 0.2) is 0 Å². The van der Waals surface area contributed by atoms with Crippen LogP contribution < -0.4 is 26.2 Å². The fourth-order valence-electron chi connectivity index (χ4n) is 9.73. The van der Waals surface area contributed by atoms with Crippen LogP contribution in [0.5, 0.6) is 0 Å². The highest BCUT2D eigenvalue weighted by Crippen LogP contribution is 2.48. The van der Waals surface area contributed by atoms with E-state index >= 15 is 0 Å². The van der Waals surface area contributed by atoms with Crippen LogP contribution in [0.4, 0.5) is 34.1 Å². The fourth-order valence-corrected chi connectivity index (χ4v) is 9.73. The van der Waals surface area contributed by atoms with E-state index in [9.17, 15) is 0 Å². The molecule has 0 fully saturated rings. The molecule has 0 N–H and O–H groups in total. The summed E-state index contributed by atoms with van der Waals surface area (Å²) in [4.78, 5) is 14.2. The summed E-state index contributed by atoms with van der Waals surface area (Å²) in [5, 5.41) is 0. The summed E-state index contributed by atoms with van der Waals surface area (Å²) in [6, 6.07) is 81.6. The summed E-state index contributed by atoms with van der Waals surface area (Å²) in [7, 11) is 0. The molecule has 4 nitrogen and oxygen atoms in total.